The second-order valence-electron chi connectivity index (χ2n) is 7.39. The van der Waals surface area contributed by atoms with Crippen molar-refractivity contribution in [2.75, 3.05) is 25.2 Å². The van der Waals surface area contributed by atoms with Crippen LogP contribution in [0.3, 0.4) is 0 Å². The van der Waals surface area contributed by atoms with Crippen molar-refractivity contribution >= 4 is 17.2 Å². The Morgan fingerprint density at radius 1 is 1.28 bits per heavy atom. The third-order valence-electron chi connectivity index (χ3n) is 5.39. The molecule has 0 bridgehead atoms. The molecule has 0 N–H and O–H groups in total. The summed E-state index contributed by atoms with van der Waals surface area (Å²) in [4.78, 5) is 13.5. The fourth-order valence-electron chi connectivity index (χ4n) is 3.67. The number of anilines is 1. The summed E-state index contributed by atoms with van der Waals surface area (Å²) in [5, 5.41) is 4.10. The van der Waals surface area contributed by atoms with E-state index in [9.17, 15) is 4.79 Å². The number of nitrogens with zero attached hydrogens (tertiary/aromatic N) is 2. The Morgan fingerprint density at radius 3 is 2.93 bits per heavy atom. The van der Waals surface area contributed by atoms with Crippen LogP contribution in [0.5, 0.6) is 0 Å². The van der Waals surface area contributed by atoms with Gasteiger partial charge < -0.3 is 18.9 Å². The topological polar surface area (TPSA) is 64.8 Å². The van der Waals surface area contributed by atoms with Crippen LogP contribution in [-0.2, 0) is 27.3 Å². The Kier molecular flexibility index (Phi) is 7.47. The molecule has 1 unspecified atom stereocenters. The van der Waals surface area contributed by atoms with E-state index in [1.807, 2.05) is 6.07 Å². The number of aryl methyl sites for hydroxylation is 1. The highest BCUT2D eigenvalue weighted by molar-refractivity contribution is 5.86. The van der Waals surface area contributed by atoms with E-state index >= 15 is 0 Å². The van der Waals surface area contributed by atoms with E-state index < -0.39 is 0 Å². The number of aromatic nitrogens is 1. The fourth-order valence-corrected chi connectivity index (χ4v) is 3.67. The van der Waals surface area contributed by atoms with Gasteiger partial charge in [0.25, 0.3) is 0 Å². The summed E-state index contributed by atoms with van der Waals surface area (Å²) in [6.45, 7) is 8.16. The average Bonchev–Trinajstić information content (AvgIpc) is 3.29. The molecule has 0 saturated heterocycles. The number of fused-ring (bicyclic) bond motifs is 1. The van der Waals surface area contributed by atoms with E-state index in [-0.39, 0.29) is 12.4 Å². The summed E-state index contributed by atoms with van der Waals surface area (Å²) in [7, 11) is 1.37. The first-order valence-electron chi connectivity index (χ1n) is 10.2. The van der Waals surface area contributed by atoms with Gasteiger partial charge in [-0.25, -0.2) is 0 Å². The minimum Gasteiger partial charge on any atom is -0.469 e. The van der Waals surface area contributed by atoms with E-state index in [0.717, 1.165) is 37.9 Å². The standard InChI is InChI=1S/C23H30N2O4/c1-17-18(2)25(22-11-7-6-10-21(17)22)13-8-4-5-9-19-15-20(29-24-19)16-28-14-12-23(26)27-3/h6-7,10-11,15,18H,1,4-5,8-9,12-14,16H2,2-3H3. The molecule has 29 heavy (non-hydrogen) atoms. The zero-order chi connectivity index (χ0) is 20.6. The predicted octanol–water partition coefficient (Wildman–Crippen LogP) is 4.39. The Bertz CT molecular complexity index is 830. The first kappa shape index (κ1) is 21.1. The molecule has 0 saturated carbocycles. The predicted molar refractivity (Wildman–Crippen MR) is 113 cm³/mol. The molecule has 1 aromatic carbocycles. The van der Waals surface area contributed by atoms with Gasteiger partial charge in [-0.1, -0.05) is 36.4 Å². The number of benzene rings is 1. The SMILES string of the molecule is C=C1c2ccccc2N(CCCCCc2cc(COCCC(=O)OC)on2)C1C. The maximum absolute atomic E-state index is 11.0. The molecule has 1 atom stereocenters. The molecule has 6 heteroatoms. The van der Waals surface area contributed by atoms with Crippen molar-refractivity contribution in [1.29, 1.82) is 0 Å². The van der Waals surface area contributed by atoms with Crippen molar-refractivity contribution in [1.82, 2.24) is 5.16 Å². The van der Waals surface area contributed by atoms with Gasteiger partial charge in [-0.2, -0.15) is 0 Å². The Hall–Kier alpha value is -2.60. The number of esters is 1. The maximum Gasteiger partial charge on any atom is 0.307 e. The van der Waals surface area contributed by atoms with E-state index in [2.05, 4.69) is 52.6 Å². The van der Waals surface area contributed by atoms with Gasteiger partial charge in [0.2, 0.25) is 0 Å². The third kappa shape index (κ3) is 5.48. The average molecular weight is 399 g/mol. The lowest BCUT2D eigenvalue weighted by Crippen LogP contribution is -2.29. The molecule has 6 nitrogen and oxygen atoms in total. The van der Waals surface area contributed by atoms with Crippen LogP contribution in [0.1, 0.15) is 49.6 Å². The van der Waals surface area contributed by atoms with E-state index in [1.54, 1.807) is 0 Å². The van der Waals surface area contributed by atoms with Gasteiger partial charge in [-0.15, -0.1) is 0 Å². The summed E-state index contributed by atoms with van der Waals surface area (Å²) in [6, 6.07) is 10.8. The Balaban J connectivity index is 1.34. The molecule has 0 spiro atoms. The van der Waals surface area contributed by atoms with E-state index in [1.165, 1.54) is 23.9 Å². The van der Waals surface area contributed by atoms with Crippen LogP contribution in [0, 0.1) is 0 Å². The first-order valence-corrected chi connectivity index (χ1v) is 10.2. The molecular weight excluding hydrogens is 368 g/mol. The van der Waals surface area contributed by atoms with Crippen LogP contribution in [0.4, 0.5) is 5.69 Å². The van der Waals surface area contributed by atoms with Crippen LogP contribution < -0.4 is 4.90 Å². The van der Waals surface area contributed by atoms with Crippen molar-refractivity contribution in [3.63, 3.8) is 0 Å². The molecule has 2 heterocycles. The summed E-state index contributed by atoms with van der Waals surface area (Å²) in [5.74, 6) is 0.408. The van der Waals surface area contributed by atoms with Gasteiger partial charge >= 0.3 is 5.97 Å². The number of ether oxygens (including phenoxy) is 2. The van der Waals surface area contributed by atoms with E-state index in [4.69, 9.17) is 9.26 Å². The molecule has 0 radical (unpaired) electrons. The van der Waals surface area contributed by atoms with Crippen LogP contribution in [0.25, 0.3) is 5.57 Å². The fraction of sp³-hybridized carbons (Fsp3) is 0.478. The van der Waals surface area contributed by atoms with Gasteiger partial charge in [0.1, 0.15) is 6.61 Å². The highest BCUT2D eigenvalue weighted by atomic mass is 16.5. The number of unbranched alkanes of at least 4 members (excludes halogenated alkanes) is 2. The van der Waals surface area contributed by atoms with Crippen molar-refractivity contribution in [3.05, 3.63) is 53.9 Å². The lowest BCUT2D eigenvalue weighted by molar-refractivity contribution is -0.142. The smallest absolute Gasteiger partial charge is 0.307 e. The highest BCUT2D eigenvalue weighted by Crippen LogP contribution is 2.39. The van der Waals surface area contributed by atoms with Crippen molar-refractivity contribution in [3.8, 4) is 0 Å². The summed E-state index contributed by atoms with van der Waals surface area (Å²) < 4.78 is 15.3. The van der Waals surface area contributed by atoms with Gasteiger partial charge in [0.15, 0.2) is 5.76 Å². The second kappa shape index (κ2) is 10.3. The first-order chi connectivity index (χ1) is 14.1. The largest absolute Gasteiger partial charge is 0.469 e. The number of para-hydroxylation sites is 1. The molecule has 156 valence electrons. The van der Waals surface area contributed by atoms with Gasteiger partial charge in [0, 0.05) is 23.9 Å². The van der Waals surface area contributed by atoms with Crippen molar-refractivity contribution < 1.29 is 18.8 Å². The number of hydrogen-bond donors (Lipinski definition) is 0. The molecule has 0 fully saturated rings. The number of carbonyl (C=O) groups excluding carboxylic acids is 1. The van der Waals surface area contributed by atoms with Crippen LogP contribution in [0.15, 0.2) is 41.4 Å². The van der Waals surface area contributed by atoms with Crippen LogP contribution >= 0.6 is 0 Å². The number of methoxy groups -OCH3 is 1. The second-order valence-corrected chi connectivity index (χ2v) is 7.39. The molecule has 2 aromatic rings. The third-order valence-corrected chi connectivity index (χ3v) is 5.39. The molecule has 3 rings (SSSR count). The lowest BCUT2D eigenvalue weighted by Gasteiger charge is -2.25. The van der Waals surface area contributed by atoms with E-state index in [0.29, 0.717) is 25.0 Å². The number of hydrogen-bond acceptors (Lipinski definition) is 6. The zero-order valence-corrected chi connectivity index (χ0v) is 17.4. The zero-order valence-electron chi connectivity index (χ0n) is 17.4. The van der Waals surface area contributed by atoms with Crippen LogP contribution in [-0.4, -0.2) is 37.4 Å². The van der Waals surface area contributed by atoms with Gasteiger partial charge in [0.05, 0.1) is 31.9 Å². The number of rotatable bonds is 11. The quantitative estimate of drug-likeness (QED) is 0.413. The van der Waals surface area contributed by atoms with Gasteiger partial charge in [-0.05, 0) is 37.8 Å². The minimum atomic E-state index is -0.278. The molecule has 1 aliphatic rings. The Morgan fingerprint density at radius 2 is 2.10 bits per heavy atom. The summed E-state index contributed by atoms with van der Waals surface area (Å²) >= 11 is 0. The Labute approximate surface area is 172 Å². The lowest BCUT2D eigenvalue weighted by atomic mass is 10.1. The minimum absolute atomic E-state index is 0.241. The molecule has 1 aromatic heterocycles. The normalized spacial score (nSPS) is 15.6. The summed E-state index contributed by atoms with van der Waals surface area (Å²) in [5.41, 5.74) is 4.75. The molecule has 0 aliphatic carbocycles. The van der Waals surface area contributed by atoms with Gasteiger partial charge in [-0.3, -0.25) is 4.79 Å². The molecule has 1 aliphatic heterocycles. The highest BCUT2D eigenvalue weighted by Gasteiger charge is 2.28. The number of carbonyl (C=O) groups is 1. The maximum atomic E-state index is 11.0. The van der Waals surface area contributed by atoms with Crippen molar-refractivity contribution in [2.24, 2.45) is 0 Å². The molecule has 0 amide bonds. The van der Waals surface area contributed by atoms with Crippen molar-refractivity contribution in [2.45, 2.75) is 51.7 Å². The summed E-state index contributed by atoms with van der Waals surface area (Å²) in [6.07, 6.45) is 4.47. The monoisotopic (exact) mass is 398 g/mol. The van der Waals surface area contributed by atoms with Crippen LogP contribution in [0.2, 0.25) is 0 Å². The molecular formula is C23H30N2O4.